The first-order valence-corrected chi connectivity index (χ1v) is 5.06. The highest BCUT2D eigenvalue weighted by molar-refractivity contribution is 5.99. The van der Waals surface area contributed by atoms with E-state index in [0.717, 1.165) is 11.3 Å². The topological polar surface area (TPSA) is 29.1 Å². The molecule has 0 spiro atoms. The zero-order chi connectivity index (χ0) is 10.6. The van der Waals surface area contributed by atoms with Crippen LogP contribution in [0, 0.1) is 6.92 Å². The summed E-state index contributed by atoms with van der Waals surface area (Å²) in [6.45, 7) is 6.28. The maximum absolute atomic E-state index is 10.9. The minimum atomic E-state index is 0. The Morgan fingerprint density at radius 1 is 1.43 bits per heavy atom. The average Bonchev–Trinajstić information content (AvgIpc) is 2.45. The van der Waals surface area contributed by atoms with E-state index < -0.39 is 0 Å². The van der Waals surface area contributed by atoms with E-state index in [9.17, 15) is 4.79 Å². The van der Waals surface area contributed by atoms with Crippen LogP contribution in [0.3, 0.4) is 0 Å². The van der Waals surface area contributed by atoms with Gasteiger partial charge in [-0.3, -0.25) is 4.79 Å². The third-order valence-electron chi connectivity index (χ3n) is 1.89. The lowest BCUT2D eigenvalue weighted by Gasteiger charge is -1.97. The fourth-order valence-electron chi connectivity index (χ4n) is 1.36. The van der Waals surface area contributed by atoms with Gasteiger partial charge < -0.3 is 5.32 Å². The van der Waals surface area contributed by atoms with E-state index in [4.69, 9.17) is 0 Å². The minimum Gasteiger partial charge on any atom is -0.326 e. The predicted molar refractivity (Wildman–Crippen MR) is 61.6 cm³/mol. The third-order valence-corrected chi connectivity index (χ3v) is 1.89. The summed E-state index contributed by atoms with van der Waals surface area (Å²) in [7, 11) is 0. The third kappa shape index (κ3) is 2.59. The van der Waals surface area contributed by atoms with E-state index in [1.54, 1.807) is 0 Å². The Bertz CT molecular complexity index is 336. The number of anilines is 1. The van der Waals surface area contributed by atoms with E-state index in [0.29, 0.717) is 6.42 Å². The van der Waals surface area contributed by atoms with Gasteiger partial charge in [0.2, 0.25) is 5.91 Å². The zero-order valence-electron chi connectivity index (χ0n) is 9.05. The molecule has 1 aliphatic rings. The molecule has 0 atom stereocenters. The van der Waals surface area contributed by atoms with Crippen LogP contribution >= 0.6 is 0 Å². The van der Waals surface area contributed by atoms with Gasteiger partial charge in [-0.25, -0.2) is 0 Å². The van der Waals surface area contributed by atoms with Gasteiger partial charge in [-0.1, -0.05) is 38.0 Å². The Morgan fingerprint density at radius 3 is 2.71 bits per heavy atom. The maximum atomic E-state index is 10.9. The van der Waals surface area contributed by atoms with Crippen LogP contribution < -0.4 is 5.32 Å². The molecule has 1 heterocycles. The SMILES string of the molecule is CCC.Cc1ccc2c(c1)CC(=O)N2.[HH]. The molecule has 78 valence electrons. The van der Waals surface area contributed by atoms with Gasteiger partial charge in [0.05, 0.1) is 6.42 Å². The van der Waals surface area contributed by atoms with Gasteiger partial charge in [0.15, 0.2) is 0 Å². The van der Waals surface area contributed by atoms with Gasteiger partial charge in [0.25, 0.3) is 0 Å². The normalized spacial score (nSPS) is 12.6. The number of aryl methyl sites for hydroxylation is 1. The first-order valence-electron chi connectivity index (χ1n) is 5.06. The lowest BCUT2D eigenvalue weighted by molar-refractivity contribution is -0.115. The first kappa shape index (κ1) is 10.8. The molecule has 2 nitrogen and oxygen atoms in total. The average molecular weight is 193 g/mol. The number of nitrogens with one attached hydrogen (secondary N) is 1. The second-order valence-electron chi connectivity index (χ2n) is 3.59. The second-order valence-corrected chi connectivity index (χ2v) is 3.59. The molecule has 0 fully saturated rings. The van der Waals surface area contributed by atoms with Crippen molar-refractivity contribution in [2.75, 3.05) is 5.32 Å². The van der Waals surface area contributed by atoms with Crippen LogP contribution in [0.4, 0.5) is 5.69 Å². The highest BCUT2D eigenvalue weighted by Crippen LogP contribution is 2.23. The molecule has 0 bridgehead atoms. The Hall–Kier alpha value is -1.31. The van der Waals surface area contributed by atoms with Crippen molar-refractivity contribution < 1.29 is 6.22 Å². The number of hydrogen-bond acceptors (Lipinski definition) is 1. The number of amides is 1. The number of benzene rings is 1. The van der Waals surface area contributed by atoms with Gasteiger partial charge in [-0.05, 0) is 18.6 Å². The zero-order valence-corrected chi connectivity index (χ0v) is 9.05. The number of rotatable bonds is 0. The van der Waals surface area contributed by atoms with E-state index in [1.165, 1.54) is 12.0 Å². The van der Waals surface area contributed by atoms with E-state index in [-0.39, 0.29) is 7.33 Å². The van der Waals surface area contributed by atoms with E-state index in [1.807, 2.05) is 25.1 Å². The van der Waals surface area contributed by atoms with Crippen LogP contribution in [0.15, 0.2) is 18.2 Å². The number of fused-ring (bicyclic) bond motifs is 1. The van der Waals surface area contributed by atoms with Crippen molar-refractivity contribution in [1.82, 2.24) is 0 Å². The summed E-state index contributed by atoms with van der Waals surface area (Å²) in [5.41, 5.74) is 3.30. The van der Waals surface area contributed by atoms with Gasteiger partial charge in [0.1, 0.15) is 0 Å². The van der Waals surface area contributed by atoms with Crippen molar-refractivity contribution in [3.63, 3.8) is 0 Å². The smallest absolute Gasteiger partial charge is 0.228 e. The molecule has 0 saturated heterocycles. The molecule has 0 radical (unpaired) electrons. The highest BCUT2D eigenvalue weighted by atomic mass is 16.1. The van der Waals surface area contributed by atoms with Crippen LogP contribution in [0.25, 0.3) is 0 Å². The molecule has 1 aliphatic heterocycles. The van der Waals surface area contributed by atoms with Crippen molar-refractivity contribution in [3.05, 3.63) is 29.3 Å². The molecule has 1 aromatic rings. The summed E-state index contributed by atoms with van der Waals surface area (Å²) >= 11 is 0. The fraction of sp³-hybridized carbons (Fsp3) is 0.417. The lowest BCUT2D eigenvalue weighted by atomic mass is 10.1. The molecule has 0 aliphatic carbocycles. The Balaban J connectivity index is 0.000000443. The van der Waals surface area contributed by atoms with E-state index in [2.05, 4.69) is 19.2 Å². The summed E-state index contributed by atoms with van der Waals surface area (Å²) in [6.07, 6.45) is 1.79. The maximum Gasteiger partial charge on any atom is 0.228 e. The summed E-state index contributed by atoms with van der Waals surface area (Å²) in [5.74, 6) is 0.102. The van der Waals surface area contributed by atoms with Crippen LogP contribution in [-0.4, -0.2) is 5.91 Å². The summed E-state index contributed by atoms with van der Waals surface area (Å²) in [6, 6.07) is 6.01. The molecule has 0 unspecified atom stereocenters. The standard InChI is InChI=1S/C9H9NO.C3H8.H2/c1-6-2-3-8-7(4-6)5-9(11)10-8;1-3-2;/h2-4H,5H2,1H3,(H,10,11);3H2,1-2H3;1H. The van der Waals surface area contributed by atoms with Crippen molar-refractivity contribution in [3.8, 4) is 0 Å². The van der Waals surface area contributed by atoms with E-state index >= 15 is 0 Å². The van der Waals surface area contributed by atoms with Crippen molar-refractivity contribution in [2.24, 2.45) is 0 Å². The van der Waals surface area contributed by atoms with Crippen LogP contribution in [-0.2, 0) is 11.2 Å². The fourth-order valence-corrected chi connectivity index (χ4v) is 1.36. The second kappa shape index (κ2) is 4.80. The van der Waals surface area contributed by atoms with Crippen LogP contribution in [0.5, 0.6) is 0 Å². The minimum absolute atomic E-state index is 0. The summed E-state index contributed by atoms with van der Waals surface area (Å²) < 4.78 is 0. The molecular formula is C12H19NO. The predicted octanol–water partition coefficient (Wildman–Crippen LogP) is 3.15. The lowest BCUT2D eigenvalue weighted by Crippen LogP contribution is -2.03. The first-order chi connectivity index (χ1) is 6.67. The monoisotopic (exact) mass is 193 g/mol. The molecule has 14 heavy (non-hydrogen) atoms. The van der Waals surface area contributed by atoms with Crippen LogP contribution in [0.2, 0.25) is 0 Å². The summed E-state index contributed by atoms with van der Waals surface area (Å²) in [4.78, 5) is 10.9. The Morgan fingerprint density at radius 2 is 2.07 bits per heavy atom. The van der Waals surface area contributed by atoms with Crippen molar-refractivity contribution in [2.45, 2.75) is 33.6 Å². The molecule has 1 N–H and O–H groups in total. The van der Waals surface area contributed by atoms with Gasteiger partial charge in [-0.15, -0.1) is 0 Å². The molecule has 2 rings (SSSR count). The van der Waals surface area contributed by atoms with Gasteiger partial charge in [-0.2, -0.15) is 0 Å². The van der Waals surface area contributed by atoms with Crippen molar-refractivity contribution >= 4 is 11.6 Å². The molecule has 2 heteroatoms. The molecule has 1 amide bonds. The number of carbonyl (C=O) groups is 1. The molecule has 0 aromatic heterocycles. The Labute approximate surface area is 86.8 Å². The number of hydrogen-bond donors (Lipinski definition) is 1. The van der Waals surface area contributed by atoms with Gasteiger partial charge in [0, 0.05) is 7.11 Å². The largest absolute Gasteiger partial charge is 0.326 e. The summed E-state index contributed by atoms with van der Waals surface area (Å²) in [5, 5.41) is 2.79. The van der Waals surface area contributed by atoms with Crippen LogP contribution in [0.1, 0.15) is 32.8 Å². The number of carbonyl (C=O) groups excluding carboxylic acids is 1. The Kier molecular flexibility index (Phi) is 3.69. The highest BCUT2D eigenvalue weighted by Gasteiger charge is 2.16. The molecular weight excluding hydrogens is 174 g/mol. The van der Waals surface area contributed by atoms with Gasteiger partial charge >= 0.3 is 0 Å². The molecule has 1 aromatic carbocycles. The molecule has 0 saturated carbocycles. The quantitative estimate of drug-likeness (QED) is 0.673. The van der Waals surface area contributed by atoms with Crippen molar-refractivity contribution in [1.29, 1.82) is 0 Å².